The van der Waals surface area contributed by atoms with Crippen LogP contribution < -0.4 is 9.46 Å². The standard InChI is InChI=1S/C32H40N4O6S/c1-34(2)43(40,41)33-31(38)22-9-11-27-28(15-22)36-18-24(32(39)35-16-20(17-35)19-37)13-23-14-25(42-3)10-12-26(23)30(36)29(27)21-7-5-4-6-8-21/h9-12,14-15,20-21,24,37H,4-8,13,16-19H2,1-3H3,(H,33,38). The lowest BCUT2D eigenvalue weighted by Gasteiger charge is -2.40. The number of nitrogens with one attached hydrogen (secondary N) is 1. The highest BCUT2D eigenvalue weighted by atomic mass is 32.2. The Hall–Kier alpha value is -3.41. The third kappa shape index (κ3) is 5.42. The number of hydrogen-bond donors (Lipinski definition) is 2. The number of rotatable bonds is 7. The number of carbonyl (C=O) groups is 2. The van der Waals surface area contributed by atoms with E-state index in [0.29, 0.717) is 32.0 Å². The van der Waals surface area contributed by atoms with Crippen molar-refractivity contribution in [3.63, 3.8) is 0 Å². The molecule has 1 saturated carbocycles. The predicted molar refractivity (Wildman–Crippen MR) is 164 cm³/mol. The van der Waals surface area contributed by atoms with Gasteiger partial charge in [0, 0.05) is 68.3 Å². The highest BCUT2D eigenvalue weighted by Crippen LogP contribution is 2.47. The number of ether oxygens (including phenoxy) is 1. The number of likely N-dealkylation sites (tertiary alicyclic amines) is 1. The van der Waals surface area contributed by atoms with Gasteiger partial charge in [-0.1, -0.05) is 25.3 Å². The largest absolute Gasteiger partial charge is 0.497 e. The summed E-state index contributed by atoms with van der Waals surface area (Å²) in [4.78, 5) is 28.9. The summed E-state index contributed by atoms with van der Waals surface area (Å²) in [5.41, 5.74) is 5.49. The van der Waals surface area contributed by atoms with Crippen LogP contribution in [-0.2, 0) is 28.0 Å². The van der Waals surface area contributed by atoms with Crippen molar-refractivity contribution in [2.45, 2.75) is 51.0 Å². The average molecular weight is 609 g/mol. The van der Waals surface area contributed by atoms with Crippen LogP contribution >= 0.6 is 0 Å². The summed E-state index contributed by atoms with van der Waals surface area (Å²) < 4.78 is 35.8. The second-order valence-corrected chi connectivity index (χ2v) is 14.3. The van der Waals surface area contributed by atoms with Gasteiger partial charge in [0.15, 0.2) is 0 Å². The lowest BCUT2D eigenvalue weighted by atomic mass is 9.81. The zero-order valence-corrected chi connectivity index (χ0v) is 25.8. The highest BCUT2D eigenvalue weighted by Gasteiger charge is 2.38. The number of amides is 2. The molecule has 230 valence electrons. The van der Waals surface area contributed by atoms with Crippen molar-refractivity contribution in [3.05, 3.63) is 53.1 Å². The number of fused-ring (bicyclic) bond motifs is 5. The van der Waals surface area contributed by atoms with E-state index >= 15 is 0 Å². The minimum atomic E-state index is -3.97. The van der Waals surface area contributed by atoms with E-state index in [-0.39, 0.29) is 29.9 Å². The molecule has 1 saturated heterocycles. The Morgan fingerprint density at radius 2 is 1.79 bits per heavy atom. The van der Waals surface area contributed by atoms with Crippen molar-refractivity contribution in [2.24, 2.45) is 11.8 Å². The molecule has 3 heterocycles. The van der Waals surface area contributed by atoms with E-state index in [1.54, 1.807) is 19.2 Å². The van der Waals surface area contributed by atoms with Gasteiger partial charge in [-0.25, -0.2) is 4.72 Å². The smallest absolute Gasteiger partial charge is 0.303 e. The molecule has 2 amide bonds. The molecule has 11 heteroatoms. The van der Waals surface area contributed by atoms with E-state index in [1.165, 1.54) is 26.1 Å². The van der Waals surface area contributed by atoms with E-state index < -0.39 is 16.1 Å². The lowest BCUT2D eigenvalue weighted by Crippen LogP contribution is -2.53. The Morgan fingerprint density at radius 1 is 1.05 bits per heavy atom. The molecule has 43 heavy (non-hydrogen) atoms. The Kier molecular flexibility index (Phi) is 7.99. The van der Waals surface area contributed by atoms with Crippen LogP contribution in [0.3, 0.4) is 0 Å². The molecule has 1 atom stereocenters. The molecule has 1 aromatic heterocycles. The van der Waals surface area contributed by atoms with Crippen LogP contribution in [-0.4, -0.2) is 80.0 Å². The SMILES string of the molecule is COc1ccc2c(c1)CC(C(=O)N1CC(CO)C1)Cn1c-2c(C2CCCCC2)c2ccc(C(=O)NS(=O)(=O)N(C)C)cc21. The third-order valence-electron chi connectivity index (χ3n) is 9.39. The van der Waals surface area contributed by atoms with Gasteiger partial charge in [0.2, 0.25) is 5.91 Å². The molecule has 2 N–H and O–H groups in total. The van der Waals surface area contributed by atoms with Crippen molar-refractivity contribution in [3.8, 4) is 17.0 Å². The minimum absolute atomic E-state index is 0.0540. The van der Waals surface area contributed by atoms with Gasteiger partial charge in [-0.2, -0.15) is 12.7 Å². The molecule has 0 spiro atoms. The monoisotopic (exact) mass is 608 g/mol. The number of carbonyl (C=O) groups excluding carboxylic acids is 2. The maximum absolute atomic E-state index is 13.9. The summed E-state index contributed by atoms with van der Waals surface area (Å²) in [6, 6.07) is 11.5. The Balaban J connectivity index is 1.53. The van der Waals surface area contributed by atoms with Gasteiger partial charge in [0.1, 0.15) is 5.75 Å². The molecule has 3 aliphatic rings. The molecule has 2 fully saturated rings. The first-order valence-electron chi connectivity index (χ1n) is 15.1. The van der Waals surface area contributed by atoms with Crippen LogP contribution in [0.15, 0.2) is 36.4 Å². The fourth-order valence-corrected chi connectivity index (χ4v) is 7.54. The van der Waals surface area contributed by atoms with Crippen molar-refractivity contribution >= 4 is 32.9 Å². The molecular formula is C32H40N4O6S. The zero-order chi connectivity index (χ0) is 30.5. The summed E-state index contributed by atoms with van der Waals surface area (Å²) in [5.74, 6) is 0.185. The highest BCUT2D eigenvalue weighted by molar-refractivity contribution is 7.87. The maximum atomic E-state index is 13.9. The maximum Gasteiger partial charge on any atom is 0.303 e. The summed E-state index contributed by atoms with van der Waals surface area (Å²) in [5, 5.41) is 10.6. The van der Waals surface area contributed by atoms with E-state index in [9.17, 15) is 23.1 Å². The second kappa shape index (κ2) is 11.6. The number of aliphatic hydroxyl groups is 1. The molecular weight excluding hydrogens is 568 g/mol. The zero-order valence-electron chi connectivity index (χ0n) is 25.0. The van der Waals surface area contributed by atoms with Gasteiger partial charge < -0.3 is 19.3 Å². The number of aliphatic hydroxyl groups excluding tert-OH is 1. The third-order valence-corrected chi connectivity index (χ3v) is 10.8. The number of nitrogens with zero attached hydrogens (tertiary/aromatic N) is 3. The van der Waals surface area contributed by atoms with Crippen molar-refractivity contribution in [1.29, 1.82) is 0 Å². The van der Waals surface area contributed by atoms with Crippen LogP contribution in [0.5, 0.6) is 5.75 Å². The number of methoxy groups -OCH3 is 1. The first-order valence-corrected chi connectivity index (χ1v) is 16.5. The van der Waals surface area contributed by atoms with Crippen molar-refractivity contribution in [2.75, 3.05) is 40.9 Å². The molecule has 0 bridgehead atoms. The van der Waals surface area contributed by atoms with Crippen LogP contribution in [0.1, 0.15) is 59.5 Å². The second-order valence-electron chi connectivity index (χ2n) is 12.4. The van der Waals surface area contributed by atoms with Gasteiger partial charge in [-0.05, 0) is 66.6 Å². The van der Waals surface area contributed by atoms with Gasteiger partial charge in [0.05, 0.1) is 18.7 Å². The van der Waals surface area contributed by atoms with E-state index in [0.717, 1.165) is 63.5 Å². The normalized spacial score (nSPS) is 19.5. The molecule has 10 nitrogen and oxygen atoms in total. The molecule has 1 unspecified atom stereocenters. The fourth-order valence-electron chi connectivity index (χ4n) is 7.01. The Morgan fingerprint density at radius 3 is 2.47 bits per heavy atom. The van der Waals surface area contributed by atoms with E-state index in [4.69, 9.17) is 4.74 Å². The molecule has 0 radical (unpaired) electrons. The average Bonchev–Trinajstić information content (AvgIpc) is 3.18. The van der Waals surface area contributed by atoms with Gasteiger partial charge in [-0.3, -0.25) is 9.59 Å². The predicted octanol–water partition coefficient (Wildman–Crippen LogP) is 3.52. The topological polar surface area (TPSA) is 121 Å². The van der Waals surface area contributed by atoms with Crippen LogP contribution in [0.25, 0.3) is 22.2 Å². The molecule has 6 rings (SSSR count). The van der Waals surface area contributed by atoms with Crippen LogP contribution in [0, 0.1) is 11.8 Å². The molecule has 2 aromatic carbocycles. The number of aromatic nitrogens is 1. The minimum Gasteiger partial charge on any atom is -0.497 e. The summed E-state index contributed by atoms with van der Waals surface area (Å²) in [6.45, 7) is 1.60. The Labute approximate surface area is 252 Å². The molecule has 3 aromatic rings. The summed E-state index contributed by atoms with van der Waals surface area (Å²) >= 11 is 0. The first kappa shape index (κ1) is 29.7. The van der Waals surface area contributed by atoms with Gasteiger partial charge in [0.25, 0.3) is 5.91 Å². The lowest BCUT2D eigenvalue weighted by molar-refractivity contribution is -0.143. The number of hydrogen-bond acceptors (Lipinski definition) is 6. The summed E-state index contributed by atoms with van der Waals surface area (Å²) in [7, 11) is 0.412. The van der Waals surface area contributed by atoms with Crippen molar-refractivity contribution < 1.29 is 27.9 Å². The van der Waals surface area contributed by atoms with E-state index in [1.807, 2.05) is 23.1 Å². The van der Waals surface area contributed by atoms with Crippen molar-refractivity contribution in [1.82, 2.24) is 18.5 Å². The fraction of sp³-hybridized carbons (Fsp3) is 0.500. The van der Waals surface area contributed by atoms with Crippen LogP contribution in [0.2, 0.25) is 0 Å². The molecule has 1 aliphatic carbocycles. The first-order chi connectivity index (χ1) is 20.6. The van der Waals surface area contributed by atoms with Gasteiger partial charge in [-0.15, -0.1) is 0 Å². The summed E-state index contributed by atoms with van der Waals surface area (Å²) in [6.07, 6.45) is 6.19. The molecule has 2 aliphatic heterocycles. The van der Waals surface area contributed by atoms with E-state index in [2.05, 4.69) is 15.4 Å². The Bertz CT molecular complexity index is 1670. The quantitative estimate of drug-likeness (QED) is 0.424. The van der Waals surface area contributed by atoms with Crippen LogP contribution in [0.4, 0.5) is 0 Å². The number of benzene rings is 2. The van der Waals surface area contributed by atoms with Gasteiger partial charge >= 0.3 is 10.2 Å².